The number of thioether (sulfide) groups is 1. The van der Waals surface area contributed by atoms with Gasteiger partial charge in [0.05, 0.1) is 5.75 Å². The maximum absolute atomic E-state index is 12.2. The number of aryl methyl sites for hydroxylation is 1. The lowest BCUT2D eigenvalue weighted by Gasteiger charge is -2.11. The number of thiophene rings is 1. The molecule has 0 aliphatic heterocycles. The zero-order valence-electron chi connectivity index (χ0n) is 14.7. The molecule has 4 nitrogen and oxygen atoms in total. The highest BCUT2D eigenvalue weighted by molar-refractivity contribution is 8.00. The number of benzene rings is 1. The van der Waals surface area contributed by atoms with Gasteiger partial charge in [-0.25, -0.2) is 9.97 Å². The van der Waals surface area contributed by atoms with Crippen LogP contribution in [0.25, 0.3) is 20.7 Å². The zero-order chi connectivity index (χ0) is 17.9. The van der Waals surface area contributed by atoms with Gasteiger partial charge < -0.3 is 5.32 Å². The summed E-state index contributed by atoms with van der Waals surface area (Å²) in [4.78, 5) is 23.6. The minimum absolute atomic E-state index is 0.102. The normalized spacial score (nSPS) is 14.8. The molecule has 2 heterocycles. The number of rotatable bonds is 5. The summed E-state index contributed by atoms with van der Waals surface area (Å²) in [6, 6.07) is 12.8. The van der Waals surface area contributed by atoms with Crippen LogP contribution in [0, 0.1) is 6.92 Å². The number of amides is 1. The van der Waals surface area contributed by atoms with Crippen LogP contribution in [0.15, 0.2) is 41.4 Å². The Morgan fingerprint density at radius 2 is 2.00 bits per heavy atom. The van der Waals surface area contributed by atoms with Gasteiger partial charge in [-0.2, -0.15) is 0 Å². The van der Waals surface area contributed by atoms with Crippen LogP contribution in [0.4, 0.5) is 0 Å². The first-order valence-corrected chi connectivity index (χ1v) is 10.7. The van der Waals surface area contributed by atoms with Crippen molar-refractivity contribution in [1.29, 1.82) is 0 Å². The van der Waals surface area contributed by atoms with Crippen molar-refractivity contribution in [3.8, 4) is 10.4 Å². The van der Waals surface area contributed by atoms with Crippen LogP contribution in [0.3, 0.4) is 0 Å². The Labute approximate surface area is 161 Å². The van der Waals surface area contributed by atoms with E-state index in [2.05, 4.69) is 33.5 Å². The molecule has 0 spiro atoms. The molecule has 1 aliphatic carbocycles. The first kappa shape index (κ1) is 17.5. The summed E-state index contributed by atoms with van der Waals surface area (Å²) in [5, 5.41) is 5.08. The fourth-order valence-electron chi connectivity index (χ4n) is 3.32. The van der Waals surface area contributed by atoms with Gasteiger partial charge in [0.15, 0.2) is 0 Å². The van der Waals surface area contributed by atoms with Crippen molar-refractivity contribution in [2.75, 3.05) is 5.75 Å². The number of hydrogen-bond donors (Lipinski definition) is 1. The molecule has 3 aromatic rings. The molecule has 2 aromatic heterocycles. The van der Waals surface area contributed by atoms with E-state index in [4.69, 9.17) is 0 Å². The molecule has 1 amide bonds. The van der Waals surface area contributed by atoms with Crippen LogP contribution in [0.5, 0.6) is 0 Å². The Kier molecular flexibility index (Phi) is 5.22. The first-order chi connectivity index (χ1) is 12.7. The average molecular weight is 384 g/mol. The van der Waals surface area contributed by atoms with Crippen molar-refractivity contribution in [2.45, 2.75) is 43.7 Å². The summed E-state index contributed by atoms with van der Waals surface area (Å²) >= 11 is 3.18. The van der Waals surface area contributed by atoms with Crippen molar-refractivity contribution in [3.63, 3.8) is 0 Å². The molecule has 0 atom stereocenters. The average Bonchev–Trinajstić information content (AvgIpc) is 3.30. The maximum Gasteiger partial charge on any atom is 0.230 e. The fourth-order valence-corrected chi connectivity index (χ4v) is 5.33. The van der Waals surface area contributed by atoms with Crippen molar-refractivity contribution >= 4 is 39.2 Å². The third-order valence-corrected chi connectivity index (χ3v) is 6.66. The van der Waals surface area contributed by atoms with Gasteiger partial charge in [0.2, 0.25) is 5.91 Å². The topological polar surface area (TPSA) is 54.9 Å². The monoisotopic (exact) mass is 383 g/mol. The summed E-state index contributed by atoms with van der Waals surface area (Å²) < 4.78 is 0. The summed E-state index contributed by atoms with van der Waals surface area (Å²) in [7, 11) is 0. The van der Waals surface area contributed by atoms with E-state index in [1.165, 1.54) is 35.0 Å². The van der Waals surface area contributed by atoms with E-state index in [1.807, 2.05) is 25.1 Å². The second-order valence-electron chi connectivity index (χ2n) is 6.61. The lowest BCUT2D eigenvalue weighted by Crippen LogP contribution is -2.33. The SMILES string of the molecule is Cc1nc(SCC(=O)NC2CCCC2)c2cc(-c3ccccc3)sc2n1. The Balaban J connectivity index is 1.54. The van der Waals surface area contributed by atoms with Crippen LogP contribution in [-0.2, 0) is 4.79 Å². The van der Waals surface area contributed by atoms with E-state index in [0.717, 1.165) is 33.9 Å². The van der Waals surface area contributed by atoms with Crippen LogP contribution in [0.2, 0.25) is 0 Å². The van der Waals surface area contributed by atoms with Gasteiger partial charge in [0.25, 0.3) is 0 Å². The molecule has 6 heteroatoms. The highest BCUT2D eigenvalue weighted by atomic mass is 32.2. The van der Waals surface area contributed by atoms with E-state index in [0.29, 0.717) is 11.8 Å². The van der Waals surface area contributed by atoms with Gasteiger partial charge in [-0.3, -0.25) is 4.79 Å². The largest absolute Gasteiger partial charge is 0.353 e. The second kappa shape index (κ2) is 7.76. The van der Waals surface area contributed by atoms with E-state index in [-0.39, 0.29) is 5.91 Å². The Morgan fingerprint density at radius 1 is 1.23 bits per heavy atom. The maximum atomic E-state index is 12.2. The predicted octanol–water partition coefficient (Wildman–Crippen LogP) is 4.82. The van der Waals surface area contributed by atoms with Crippen LogP contribution < -0.4 is 5.32 Å². The first-order valence-electron chi connectivity index (χ1n) is 8.95. The van der Waals surface area contributed by atoms with Crippen molar-refractivity contribution in [1.82, 2.24) is 15.3 Å². The molecule has 1 aliphatic rings. The molecule has 0 radical (unpaired) electrons. The van der Waals surface area contributed by atoms with Gasteiger partial charge in [0, 0.05) is 16.3 Å². The van der Waals surface area contributed by atoms with Crippen LogP contribution >= 0.6 is 23.1 Å². The third kappa shape index (κ3) is 3.91. The smallest absolute Gasteiger partial charge is 0.230 e. The summed E-state index contributed by atoms with van der Waals surface area (Å²) in [6.07, 6.45) is 4.67. The lowest BCUT2D eigenvalue weighted by molar-refractivity contribution is -0.119. The van der Waals surface area contributed by atoms with Crippen molar-refractivity contribution in [2.24, 2.45) is 0 Å². The van der Waals surface area contributed by atoms with E-state index in [1.54, 1.807) is 11.3 Å². The number of hydrogen-bond acceptors (Lipinski definition) is 5. The molecular weight excluding hydrogens is 362 g/mol. The molecular formula is C20H21N3OS2. The molecule has 1 saturated carbocycles. The molecule has 134 valence electrons. The Bertz CT molecular complexity index is 917. The molecule has 26 heavy (non-hydrogen) atoms. The highest BCUT2D eigenvalue weighted by Crippen LogP contribution is 2.36. The van der Waals surface area contributed by atoms with E-state index >= 15 is 0 Å². The number of nitrogens with zero attached hydrogens (tertiary/aromatic N) is 2. The van der Waals surface area contributed by atoms with Gasteiger partial charge in [-0.05, 0) is 31.4 Å². The van der Waals surface area contributed by atoms with Crippen molar-refractivity contribution < 1.29 is 4.79 Å². The minimum atomic E-state index is 0.102. The number of carbonyl (C=O) groups excluding carboxylic acids is 1. The second-order valence-corrected chi connectivity index (χ2v) is 8.60. The molecule has 4 rings (SSSR count). The summed E-state index contributed by atoms with van der Waals surface area (Å²) in [6.45, 7) is 1.91. The van der Waals surface area contributed by atoms with Gasteiger partial charge >= 0.3 is 0 Å². The Morgan fingerprint density at radius 3 is 2.77 bits per heavy atom. The number of aromatic nitrogens is 2. The number of nitrogens with one attached hydrogen (secondary N) is 1. The van der Waals surface area contributed by atoms with Crippen LogP contribution in [-0.4, -0.2) is 27.7 Å². The molecule has 1 aromatic carbocycles. The summed E-state index contributed by atoms with van der Waals surface area (Å²) in [5.41, 5.74) is 1.18. The van der Waals surface area contributed by atoms with Crippen LogP contribution in [0.1, 0.15) is 31.5 Å². The summed E-state index contributed by atoms with van der Waals surface area (Å²) in [5.74, 6) is 1.25. The van der Waals surface area contributed by atoms with Gasteiger partial charge in [-0.15, -0.1) is 11.3 Å². The van der Waals surface area contributed by atoms with Crippen molar-refractivity contribution in [3.05, 3.63) is 42.2 Å². The molecule has 1 fully saturated rings. The molecule has 1 N–H and O–H groups in total. The third-order valence-electron chi connectivity index (χ3n) is 4.59. The molecule has 0 unspecified atom stereocenters. The zero-order valence-corrected chi connectivity index (χ0v) is 16.3. The van der Waals surface area contributed by atoms with Gasteiger partial charge in [-0.1, -0.05) is 54.9 Å². The van der Waals surface area contributed by atoms with E-state index < -0.39 is 0 Å². The quantitative estimate of drug-likeness (QED) is 0.507. The lowest BCUT2D eigenvalue weighted by atomic mass is 10.2. The standard InChI is InChI=1S/C20H21N3OS2/c1-13-21-19(25-12-18(24)23-15-9-5-6-10-15)16-11-17(26-20(16)22-13)14-7-3-2-4-8-14/h2-4,7-8,11,15H,5-6,9-10,12H2,1H3,(H,23,24). The molecule has 0 saturated heterocycles. The minimum Gasteiger partial charge on any atom is -0.353 e. The fraction of sp³-hybridized carbons (Fsp3) is 0.350. The Hall–Kier alpha value is -1.92. The highest BCUT2D eigenvalue weighted by Gasteiger charge is 2.18. The van der Waals surface area contributed by atoms with Gasteiger partial charge in [0.1, 0.15) is 15.7 Å². The van der Waals surface area contributed by atoms with E-state index in [9.17, 15) is 4.79 Å². The molecule has 0 bridgehead atoms. The predicted molar refractivity (Wildman–Crippen MR) is 109 cm³/mol. The number of fused-ring (bicyclic) bond motifs is 1. The number of carbonyl (C=O) groups is 1.